The molecule has 2 heterocycles. The first kappa shape index (κ1) is 14.5. The molecule has 116 valence electrons. The van der Waals surface area contributed by atoms with Crippen molar-refractivity contribution in [1.29, 1.82) is 0 Å². The Labute approximate surface area is 143 Å². The lowest BCUT2D eigenvalue weighted by molar-refractivity contribution is -0.0277. The zero-order valence-electron chi connectivity index (χ0n) is 12.0. The van der Waals surface area contributed by atoms with Gasteiger partial charge in [0.1, 0.15) is 0 Å². The van der Waals surface area contributed by atoms with Gasteiger partial charge < -0.3 is 9.57 Å². The molecule has 0 bridgehead atoms. The molecule has 1 atom stereocenters. The summed E-state index contributed by atoms with van der Waals surface area (Å²) < 4.78 is 5.71. The summed E-state index contributed by atoms with van der Waals surface area (Å²) >= 11 is 12.2. The van der Waals surface area contributed by atoms with Crippen molar-refractivity contribution in [2.75, 3.05) is 6.61 Å². The van der Waals surface area contributed by atoms with E-state index in [9.17, 15) is 0 Å². The summed E-state index contributed by atoms with van der Waals surface area (Å²) in [5.41, 5.74) is 1.67. The Hall–Kier alpha value is -2.04. The fourth-order valence-electron chi connectivity index (χ4n) is 2.63. The number of hydrogen-bond donors (Lipinski definition) is 0. The number of hydrogen-bond acceptors (Lipinski definition) is 4. The van der Waals surface area contributed by atoms with E-state index in [1.54, 1.807) is 12.1 Å². The summed E-state index contributed by atoms with van der Waals surface area (Å²) in [6.07, 6.45) is 0.505. The van der Waals surface area contributed by atoms with Crippen LogP contribution in [0, 0.1) is 0 Å². The summed E-state index contributed by atoms with van der Waals surface area (Å²) in [6.45, 7) is 0.329. The summed E-state index contributed by atoms with van der Waals surface area (Å²) in [4.78, 5) is 10.2. The van der Waals surface area contributed by atoms with Crippen molar-refractivity contribution in [3.05, 3.63) is 69.7 Å². The number of oxime groups is 1. The Morgan fingerprint density at radius 3 is 2.65 bits per heavy atom. The summed E-state index contributed by atoms with van der Waals surface area (Å²) in [5, 5.41) is 5.29. The Kier molecular flexibility index (Phi) is 3.51. The molecule has 0 fully saturated rings. The van der Waals surface area contributed by atoms with E-state index in [4.69, 9.17) is 32.8 Å². The van der Waals surface area contributed by atoms with Crippen molar-refractivity contribution in [3.8, 4) is 0 Å². The SMILES string of the molecule is Clc1ccc(C2=NOC3(COC(c4ccccc4)=N3)C2)c(Cl)c1. The van der Waals surface area contributed by atoms with Crippen LogP contribution in [0.4, 0.5) is 0 Å². The molecule has 1 unspecified atom stereocenters. The Morgan fingerprint density at radius 2 is 1.87 bits per heavy atom. The number of aliphatic imine (C=N–C) groups is 1. The van der Waals surface area contributed by atoms with Gasteiger partial charge in [0.05, 0.1) is 17.2 Å². The second-order valence-electron chi connectivity index (χ2n) is 5.45. The monoisotopic (exact) mass is 346 g/mol. The maximum atomic E-state index is 6.24. The average Bonchev–Trinajstić information content (AvgIpc) is 3.16. The van der Waals surface area contributed by atoms with E-state index in [0.717, 1.165) is 16.8 Å². The lowest BCUT2D eigenvalue weighted by Gasteiger charge is -2.13. The minimum absolute atomic E-state index is 0.329. The van der Waals surface area contributed by atoms with Crippen molar-refractivity contribution in [2.45, 2.75) is 12.1 Å². The van der Waals surface area contributed by atoms with Crippen LogP contribution in [0.1, 0.15) is 17.5 Å². The molecule has 0 aliphatic carbocycles. The van der Waals surface area contributed by atoms with Gasteiger partial charge in [0.15, 0.2) is 6.61 Å². The van der Waals surface area contributed by atoms with Crippen molar-refractivity contribution in [1.82, 2.24) is 0 Å². The first-order chi connectivity index (χ1) is 11.2. The van der Waals surface area contributed by atoms with E-state index in [-0.39, 0.29) is 0 Å². The fourth-order valence-corrected chi connectivity index (χ4v) is 3.15. The molecule has 0 amide bonds. The first-order valence-electron chi connectivity index (χ1n) is 7.14. The van der Waals surface area contributed by atoms with E-state index < -0.39 is 5.72 Å². The van der Waals surface area contributed by atoms with E-state index in [1.165, 1.54) is 0 Å². The largest absolute Gasteiger partial charge is 0.471 e. The molecule has 0 saturated carbocycles. The quantitative estimate of drug-likeness (QED) is 0.813. The van der Waals surface area contributed by atoms with Gasteiger partial charge in [0.25, 0.3) is 5.72 Å². The van der Waals surface area contributed by atoms with Gasteiger partial charge in [0.2, 0.25) is 5.90 Å². The van der Waals surface area contributed by atoms with Gasteiger partial charge in [-0.15, -0.1) is 0 Å². The van der Waals surface area contributed by atoms with Crippen LogP contribution in [0.15, 0.2) is 58.7 Å². The molecule has 0 aromatic heterocycles. The van der Waals surface area contributed by atoms with Crippen LogP contribution >= 0.6 is 23.2 Å². The topological polar surface area (TPSA) is 43.2 Å². The first-order valence-corrected chi connectivity index (χ1v) is 7.89. The predicted octanol–water partition coefficient (Wildman–Crippen LogP) is 4.29. The van der Waals surface area contributed by atoms with Crippen LogP contribution in [0.5, 0.6) is 0 Å². The number of nitrogens with zero attached hydrogens (tertiary/aromatic N) is 2. The third-order valence-electron chi connectivity index (χ3n) is 3.77. The lowest BCUT2D eigenvalue weighted by Crippen LogP contribution is -2.28. The molecule has 2 aromatic rings. The number of halogens is 2. The number of rotatable bonds is 2. The van der Waals surface area contributed by atoms with E-state index in [2.05, 4.69) is 10.1 Å². The molecule has 23 heavy (non-hydrogen) atoms. The highest BCUT2D eigenvalue weighted by Gasteiger charge is 2.45. The Balaban J connectivity index is 1.59. The van der Waals surface area contributed by atoms with Gasteiger partial charge >= 0.3 is 0 Å². The molecular formula is C17H12Cl2N2O2. The standard InChI is InChI=1S/C17H12Cl2N2O2/c18-12-6-7-13(14(19)8-12)15-9-17(23-21-15)10-22-16(20-17)11-4-2-1-3-5-11/h1-8H,9-10H2. The van der Waals surface area contributed by atoms with Crippen LogP contribution < -0.4 is 0 Å². The average molecular weight is 347 g/mol. The van der Waals surface area contributed by atoms with Gasteiger partial charge in [-0.1, -0.05) is 52.6 Å². The molecule has 4 rings (SSSR count). The van der Waals surface area contributed by atoms with Crippen LogP contribution in [0.2, 0.25) is 10.0 Å². The Bertz CT molecular complexity index is 821. The summed E-state index contributed by atoms with van der Waals surface area (Å²) in [5.74, 6) is 0.573. The van der Waals surface area contributed by atoms with E-state index in [0.29, 0.717) is 29.0 Å². The molecule has 0 saturated heterocycles. The molecule has 2 aliphatic heterocycles. The van der Waals surface area contributed by atoms with E-state index >= 15 is 0 Å². The highest BCUT2D eigenvalue weighted by molar-refractivity contribution is 6.37. The molecule has 0 radical (unpaired) electrons. The number of ether oxygens (including phenoxy) is 1. The summed E-state index contributed by atoms with van der Waals surface area (Å²) in [6, 6.07) is 15.0. The van der Waals surface area contributed by atoms with Crippen molar-refractivity contribution >= 4 is 34.8 Å². The van der Waals surface area contributed by atoms with Crippen LogP contribution in [0.25, 0.3) is 0 Å². The molecule has 0 N–H and O–H groups in total. The molecule has 2 aliphatic rings. The normalized spacial score (nSPS) is 22.5. The second kappa shape index (κ2) is 5.55. The third kappa shape index (κ3) is 2.69. The molecule has 6 heteroatoms. The molecule has 1 spiro atoms. The zero-order valence-corrected chi connectivity index (χ0v) is 13.5. The third-order valence-corrected chi connectivity index (χ3v) is 4.32. The van der Waals surface area contributed by atoms with Crippen molar-refractivity contribution in [3.63, 3.8) is 0 Å². The fraction of sp³-hybridized carbons (Fsp3) is 0.176. The molecule has 4 nitrogen and oxygen atoms in total. The van der Waals surface area contributed by atoms with Gasteiger partial charge in [-0.3, -0.25) is 0 Å². The van der Waals surface area contributed by atoms with Crippen molar-refractivity contribution < 1.29 is 9.57 Å². The highest BCUT2D eigenvalue weighted by Crippen LogP contribution is 2.35. The van der Waals surface area contributed by atoms with Crippen LogP contribution in [-0.4, -0.2) is 23.9 Å². The van der Waals surface area contributed by atoms with Gasteiger partial charge in [0, 0.05) is 16.1 Å². The van der Waals surface area contributed by atoms with Crippen LogP contribution in [0.3, 0.4) is 0 Å². The summed E-state index contributed by atoms with van der Waals surface area (Å²) in [7, 11) is 0. The minimum atomic E-state index is -0.802. The van der Waals surface area contributed by atoms with Gasteiger partial charge in [-0.05, 0) is 24.3 Å². The maximum absolute atomic E-state index is 6.24. The van der Waals surface area contributed by atoms with E-state index in [1.807, 2.05) is 36.4 Å². The Morgan fingerprint density at radius 1 is 1.04 bits per heavy atom. The van der Waals surface area contributed by atoms with Gasteiger partial charge in [-0.2, -0.15) is 4.99 Å². The predicted molar refractivity (Wildman–Crippen MR) is 90.4 cm³/mol. The lowest BCUT2D eigenvalue weighted by atomic mass is 10.0. The minimum Gasteiger partial charge on any atom is -0.471 e. The van der Waals surface area contributed by atoms with Crippen LogP contribution in [-0.2, 0) is 9.57 Å². The zero-order chi connectivity index (χ0) is 15.9. The smallest absolute Gasteiger partial charge is 0.269 e. The molecule has 2 aromatic carbocycles. The second-order valence-corrected chi connectivity index (χ2v) is 6.29. The highest BCUT2D eigenvalue weighted by atomic mass is 35.5. The van der Waals surface area contributed by atoms with Crippen molar-refractivity contribution in [2.24, 2.45) is 10.1 Å². The van der Waals surface area contributed by atoms with Gasteiger partial charge in [-0.25, -0.2) is 0 Å². The maximum Gasteiger partial charge on any atom is 0.269 e. The number of benzene rings is 2. The molecular weight excluding hydrogens is 335 g/mol.